The number of aromatic nitrogens is 3. The molecule has 0 bridgehead atoms. The molecule has 0 spiro atoms. The SMILES string of the molecule is Cc1cccc(C(NN)c2cn[nH]n2)c1. The predicted molar refractivity (Wildman–Crippen MR) is 56.7 cm³/mol. The molecule has 2 rings (SSSR count). The number of nitrogens with one attached hydrogen (secondary N) is 2. The molecule has 0 aliphatic carbocycles. The molecule has 0 fully saturated rings. The average Bonchev–Trinajstić information content (AvgIpc) is 2.72. The molecule has 0 radical (unpaired) electrons. The highest BCUT2D eigenvalue weighted by atomic mass is 15.3. The van der Waals surface area contributed by atoms with Gasteiger partial charge in [-0.05, 0) is 12.5 Å². The van der Waals surface area contributed by atoms with Crippen molar-refractivity contribution in [3.8, 4) is 0 Å². The number of benzene rings is 1. The van der Waals surface area contributed by atoms with Crippen molar-refractivity contribution < 1.29 is 0 Å². The number of hydrogen-bond donors (Lipinski definition) is 3. The van der Waals surface area contributed by atoms with E-state index in [0.29, 0.717) is 0 Å². The first-order valence-electron chi connectivity index (χ1n) is 4.69. The van der Waals surface area contributed by atoms with Crippen LogP contribution in [0.3, 0.4) is 0 Å². The summed E-state index contributed by atoms with van der Waals surface area (Å²) in [4.78, 5) is 0. The number of aromatic amines is 1. The minimum atomic E-state index is -0.122. The summed E-state index contributed by atoms with van der Waals surface area (Å²) >= 11 is 0. The molecule has 1 aromatic heterocycles. The number of nitrogens with zero attached hydrogens (tertiary/aromatic N) is 2. The van der Waals surface area contributed by atoms with Crippen molar-refractivity contribution in [2.45, 2.75) is 13.0 Å². The van der Waals surface area contributed by atoms with Gasteiger partial charge in [-0.2, -0.15) is 15.4 Å². The summed E-state index contributed by atoms with van der Waals surface area (Å²) in [6.07, 6.45) is 1.66. The third-order valence-corrected chi connectivity index (χ3v) is 2.27. The van der Waals surface area contributed by atoms with Crippen molar-refractivity contribution in [1.29, 1.82) is 0 Å². The number of hydrazine groups is 1. The summed E-state index contributed by atoms with van der Waals surface area (Å²) in [5.74, 6) is 5.51. The molecule has 78 valence electrons. The van der Waals surface area contributed by atoms with Crippen molar-refractivity contribution >= 4 is 0 Å². The number of H-pyrrole nitrogens is 1. The lowest BCUT2D eigenvalue weighted by Gasteiger charge is -2.13. The minimum Gasteiger partial charge on any atom is -0.271 e. The summed E-state index contributed by atoms with van der Waals surface area (Å²) in [6, 6.07) is 7.99. The Balaban J connectivity index is 2.35. The van der Waals surface area contributed by atoms with Crippen molar-refractivity contribution in [3.05, 3.63) is 47.3 Å². The lowest BCUT2D eigenvalue weighted by molar-refractivity contribution is 0.618. The van der Waals surface area contributed by atoms with Crippen molar-refractivity contribution in [3.63, 3.8) is 0 Å². The van der Waals surface area contributed by atoms with Crippen LogP contribution in [0.5, 0.6) is 0 Å². The van der Waals surface area contributed by atoms with Gasteiger partial charge in [0.15, 0.2) is 0 Å². The number of aryl methyl sites for hydroxylation is 1. The maximum absolute atomic E-state index is 5.51. The van der Waals surface area contributed by atoms with Crippen LogP contribution < -0.4 is 11.3 Å². The molecular formula is C10H13N5. The van der Waals surface area contributed by atoms with E-state index in [0.717, 1.165) is 11.3 Å². The van der Waals surface area contributed by atoms with Crippen LogP contribution in [0.4, 0.5) is 0 Å². The van der Waals surface area contributed by atoms with E-state index in [1.54, 1.807) is 6.20 Å². The lowest BCUT2D eigenvalue weighted by Crippen LogP contribution is -2.29. The van der Waals surface area contributed by atoms with Gasteiger partial charge in [0.1, 0.15) is 5.69 Å². The second-order valence-corrected chi connectivity index (χ2v) is 3.41. The quantitative estimate of drug-likeness (QED) is 0.506. The average molecular weight is 203 g/mol. The van der Waals surface area contributed by atoms with Gasteiger partial charge in [0.05, 0.1) is 12.2 Å². The molecule has 1 aromatic carbocycles. The monoisotopic (exact) mass is 203 g/mol. The van der Waals surface area contributed by atoms with Crippen LogP contribution in [0, 0.1) is 6.92 Å². The maximum atomic E-state index is 5.51. The largest absolute Gasteiger partial charge is 0.271 e. The molecule has 0 aliphatic heterocycles. The fourth-order valence-corrected chi connectivity index (χ4v) is 1.55. The predicted octanol–water partition coefficient (Wildman–Crippen LogP) is 0.666. The van der Waals surface area contributed by atoms with Gasteiger partial charge in [-0.1, -0.05) is 29.8 Å². The molecule has 4 N–H and O–H groups in total. The Morgan fingerprint density at radius 2 is 2.33 bits per heavy atom. The third kappa shape index (κ3) is 2.03. The van der Waals surface area contributed by atoms with Crippen LogP contribution in [-0.2, 0) is 0 Å². The first-order valence-corrected chi connectivity index (χ1v) is 4.69. The van der Waals surface area contributed by atoms with Gasteiger partial charge in [-0.25, -0.2) is 5.43 Å². The van der Waals surface area contributed by atoms with E-state index < -0.39 is 0 Å². The molecule has 1 heterocycles. The maximum Gasteiger partial charge on any atom is 0.105 e. The summed E-state index contributed by atoms with van der Waals surface area (Å²) in [5.41, 5.74) is 5.77. The Hall–Kier alpha value is -1.72. The summed E-state index contributed by atoms with van der Waals surface area (Å²) in [5, 5.41) is 10.4. The van der Waals surface area contributed by atoms with E-state index in [4.69, 9.17) is 5.84 Å². The van der Waals surface area contributed by atoms with Crippen LogP contribution >= 0.6 is 0 Å². The zero-order valence-corrected chi connectivity index (χ0v) is 8.44. The van der Waals surface area contributed by atoms with Crippen LogP contribution in [-0.4, -0.2) is 15.4 Å². The molecule has 0 saturated heterocycles. The van der Waals surface area contributed by atoms with Gasteiger partial charge in [0, 0.05) is 0 Å². The lowest BCUT2D eigenvalue weighted by atomic mass is 10.0. The molecule has 1 atom stereocenters. The topological polar surface area (TPSA) is 79.6 Å². The van der Waals surface area contributed by atoms with Crippen LogP contribution in [0.2, 0.25) is 0 Å². The summed E-state index contributed by atoms with van der Waals surface area (Å²) in [6.45, 7) is 2.04. The third-order valence-electron chi connectivity index (χ3n) is 2.27. The van der Waals surface area contributed by atoms with Gasteiger partial charge in [-0.3, -0.25) is 5.84 Å². The second kappa shape index (κ2) is 4.20. The second-order valence-electron chi connectivity index (χ2n) is 3.41. The highest BCUT2D eigenvalue weighted by Crippen LogP contribution is 2.19. The van der Waals surface area contributed by atoms with Crippen molar-refractivity contribution in [2.75, 3.05) is 0 Å². The summed E-state index contributed by atoms with van der Waals surface area (Å²) < 4.78 is 0. The zero-order chi connectivity index (χ0) is 10.7. The van der Waals surface area contributed by atoms with E-state index in [1.165, 1.54) is 5.56 Å². The normalized spacial score (nSPS) is 12.7. The molecule has 0 amide bonds. The van der Waals surface area contributed by atoms with Crippen molar-refractivity contribution in [1.82, 2.24) is 20.8 Å². The van der Waals surface area contributed by atoms with E-state index >= 15 is 0 Å². The molecule has 1 unspecified atom stereocenters. The smallest absolute Gasteiger partial charge is 0.105 e. The van der Waals surface area contributed by atoms with Gasteiger partial charge in [-0.15, -0.1) is 0 Å². The van der Waals surface area contributed by atoms with Crippen molar-refractivity contribution in [2.24, 2.45) is 5.84 Å². The van der Waals surface area contributed by atoms with E-state index in [2.05, 4.69) is 26.9 Å². The minimum absolute atomic E-state index is 0.122. The van der Waals surface area contributed by atoms with Gasteiger partial charge in [0.2, 0.25) is 0 Å². The van der Waals surface area contributed by atoms with E-state index in [-0.39, 0.29) is 6.04 Å². The first kappa shape index (κ1) is 9.82. The fraction of sp³-hybridized carbons (Fsp3) is 0.200. The van der Waals surface area contributed by atoms with Crippen LogP contribution in [0.25, 0.3) is 0 Å². The molecule has 15 heavy (non-hydrogen) atoms. The highest BCUT2D eigenvalue weighted by Gasteiger charge is 2.14. The molecule has 5 heteroatoms. The molecule has 2 aromatic rings. The Bertz CT molecular complexity index is 423. The van der Waals surface area contributed by atoms with Gasteiger partial charge < -0.3 is 0 Å². The van der Waals surface area contributed by atoms with E-state index in [9.17, 15) is 0 Å². The number of nitrogens with two attached hydrogens (primary N) is 1. The fourth-order valence-electron chi connectivity index (χ4n) is 1.55. The van der Waals surface area contributed by atoms with Crippen LogP contribution in [0.1, 0.15) is 22.9 Å². The van der Waals surface area contributed by atoms with Crippen LogP contribution in [0.15, 0.2) is 30.5 Å². The number of hydrogen-bond acceptors (Lipinski definition) is 4. The Morgan fingerprint density at radius 3 is 2.93 bits per heavy atom. The molecule has 0 aliphatic rings. The Kier molecular flexibility index (Phi) is 2.75. The molecule has 0 saturated carbocycles. The zero-order valence-electron chi connectivity index (χ0n) is 8.44. The number of rotatable bonds is 3. The molecular weight excluding hydrogens is 190 g/mol. The standard InChI is InChI=1S/C10H13N5/c1-7-3-2-4-8(5-7)10(13-11)9-6-12-15-14-9/h2-6,10,13H,11H2,1H3,(H,12,14,15). The molecule has 5 nitrogen and oxygen atoms in total. The van der Waals surface area contributed by atoms with E-state index in [1.807, 2.05) is 25.1 Å². The Labute approximate surface area is 87.7 Å². The first-order chi connectivity index (χ1) is 7.31. The Morgan fingerprint density at radius 1 is 1.47 bits per heavy atom. The summed E-state index contributed by atoms with van der Waals surface area (Å²) in [7, 11) is 0. The van der Waals surface area contributed by atoms with Gasteiger partial charge in [0.25, 0.3) is 0 Å². The highest BCUT2D eigenvalue weighted by molar-refractivity contribution is 5.29. The van der Waals surface area contributed by atoms with Gasteiger partial charge >= 0.3 is 0 Å².